The Morgan fingerprint density at radius 2 is 2.12 bits per heavy atom. The molecular formula is C13H22N2O. The highest BCUT2D eigenvalue weighted by Gasteiger charge is 2.02. The van der Waals surface area contributed by atoms with Crippen LogP contribution in [0.1, 0.15) is 27.2 Å². The Kier molecular flexibility index (Phi) is 4.96. The second-order valence-corrected chi connectivity index (χ2v) is 4.38. The Labute approximate surface area is 98.0 Å². The van der Waals surface area contributed by atoms with Crippen molar-refractivity contribution >= 4 is 11.4 Å². The fourth-order valence-electron chi connectivity index (χ4n) is 1.30. The van der Waals surface area contributed by atoms with E-state index in [0.29, 0.717) is 18.2 Å². The Morgan fingerprint density at radius 1 is 1.38 bits per heavy atom. The number of benzene rings is 1. The maximum atomic E-state index is 5.83. The number of nitrogens with two attached hydrogens (primary N) is 1. The molecular weight excluding hydrogens is 200 g/mol. The molecule has 3 heteroatoms. The number of nitrogen functional groups attached to an aromatic ring is 1. The van der Waals surface area contributed by atoms with E-state index >= 15 is 0 Å². The van der Waals surface area contributed by atoms with Crippen molar-refractivity contribution < 1.29 is 4.74 Å². The Hall–Kier alpha value is -1.38. The van der Waals surface area contributed by atoms with Crippen molar-refractivity contribution in [1.29, 1.82) is 0 Å². The molecule has 0 heterocycles. The van der Waals surface area contributed by atoms with Gasteiger partial charge in [-0.2, -0.15) is 0 Å². The zero-order valence-electron chi connectivity index (χ0n) is 10.4. The minimum Gasteiger partial charge on any atom is -0.491 e. The van der Waals surface area contributed by atoms with Crippen LogP contribution in [0, 0.1) is 5.92 Å². The van der Waals surface area contributed by atoms with E-state index in [2.05, 4.69) is 26.1 Å². The van der Waals surface area contributed by atoms with E-state index in [-0.39, 0.29) is 0 Å². The highest BCUT2D eigenvalue weighted by molar-refractivity contribution is 5.61. The second-order valence-electron chi connectivity index (χ2n) is 4.38. The lowest BCUT2D eigenvalue weighted by Crippen LogP contribution is -2.08. The van der Waals surface area contributed by atoms with Crippen LogP contribution in [-0.2, 0) is 0 Å². The standard InChI is InChI=1S/C13H22N2O/c1-4-7-16-13-8-11(5-6-12(13)14)15-9-10(2)3/h5-6,8,10,15H,4,7,9,14H2,1-3H3. The minimum absolute atomic E-state index is 0.623. The molecule has 0 aliphatic heterocycles. The molecule has 0 spiro atoms. The molecule has 1 aromatic carbocycles. The molecule has 0 bridgehead atoms. The van der Waals surface area contributed by atoms with Crippen molar-refractivity contribution in [3.63, 3.8) is 0 Å². The van der Waals surface area contributed by atoms with Crippen molar-refractivity contribution in [2.45, 2.75) is 27.2 Å². The Balaban J connectivity index is 2.65. The van der Waals surface area contributed by atoms with Crippen molar-refractivity contribution in [2.75, 3.05) is 24.2 Å². The van der Waals surface area contributed by atoms with Crippen molar-refractivity contribution in [1.82, 2.24) is 0 Å². The van der Waals surface area contributed by atoms with Crippen LogP contribution in [0.5, 0.6) is 5.75 Å². The van der Waals surface area contributed by atoms with Gasteiger partial charge in [0.2, 0.25) is 0 Å². The van der Waals surface area contributed by atoms with Gasteiger partial charge in [0, 0.05) is 18.3 Å². The van der Waals surface area contributed by atoms with E-state index in [0.717, 1.165) is 24.4 Å². The topological polar surface area (TPSA) is 47.3 Å². The smallest absolute Gasteiger partial charge is 0.144 e. The molecule has 90 valence electrons. The molecule has 0 saturated carbocycles. The van der Waals surface area contributed by atoms with Crippen LogP contribution in [0.3, 0.4) is 0 Å². The summed E-state index contributed by atoms with van der Waals surface area (Å²) in [5.41, 5.74) is 7.60. The van der Waals surface area contributed by atoms with E-state index < -0.39 is 0 Å². The zero-order valence-corrected chi connectivity index (χ0v) is 10.4. The van der Waals surface area contributed by atoms with Gasteiger partial charge in [0.1, 0.15) is 5.75 Å². The maximum absolute atomic E-state index is 5.83. The van der Waals surface area contributed by atoms with Gasteiger partial charge in [0.25, 0.3) is 0 Å². The fourth-order valence-corrected chi connectivity index (χ4v) is 1.30. The number of hydrogen-bond donors (Lipinski definition) is 2. The summed E-state index contributed by atoms with van der Waals surface area (Å²) in [5, 5.41) is 3.35. The third-order valence-corrected chi connectivity index (χ3v) is 2.19. The fraction of sp³-hybridized carbons (Fsp3) is 0.538. The predicted molar refractivity (Wildman–Crippen MR) is 70.0 cm³/mol. The first-order valence-corrected chi connectivity index (χ1v) is 5.89. The van der Waals surface area contributed by atoms with Gasteiger partial charge in [-0.1, -0.05) is 20.8 Å². The molecule has 0 amide bonds. The first-order valence-electron chi connectivity index (χ1n) is 5.89. The maximum Gasteiger partial charge on any atom is 0.144 e. The molecule has 16 heavy (non-hydrogen) atoms. The first kappa shape index (κ1) is 12.7. The van der Waals surface area contributed by atoms with E-state index in [1.165, 1.54) is 0 Å². The second kappa shape index (κ2) is 6.26. The third kappa shape index (κ3) is 4.01. The van der Waals surface area contributed by atoms with Gasteiger partial charge < -0.3 is 15.8 Å². The minimum atomic E-state index is 0.623. The summed E-state index contributed by atoms with van der Waals surface area (Å²) >= 11 is 0. The number of nitrogens with one attached hydrogen (secondary N) is 1. The summed E-state index contributed by atoms with van der Waals surface area (Å²) in [6, 6.07) is 5.83. The normalized spacial score (nSPS) is 10.5. The van der Waals surface area contributed by atoms with Crippen molar-refractivity contribution in [3.8, 4) is 5.75 Å². The molecule has 1 rings (SSSR count). The molecule has 0 saturated heterocycles. The summed E-state index contributed by atoms with van der Waals surface area (Å²) in [5.74, 6) is 1.40. The highest BCUT2D eigenvalue weighted by Crippen LogP contribution is 2.25. The van der Waals surface area contributed by atoms with Crippen molar-refractivity contribution in [3.05, 3.63) is 18.2 Å². The molecule has 0 unspecified atom stereocenters. The highest BCUT2D eigenvalue weighted by atomic mass is 16.5. The van der Waals surface area contributed by atoms with Crippen LogP contribution in [0.4, 0.5) is 11.4 Å². The van der Waals surface area contributed by atoms with Crippen LogP contribution >= 0.6 is 0 Å². The quantitative estimate of drug-likeness (QED) is 0.727. The number of rotatable bonds is 6. The van der Waals surface area contributed by atoms with Gasteiger partial charge in [-0.05, 0) is 24.5 Å². The summed E-state index contributed by atoms with van der Waals surface area (Å²) in [6.45, 7) is 8.10. The molecule has 0 aromatic heterocycles. The SMILES string of the molecule is CCCOc1cc(NCC(C)C)ccc1N. The Morgan fingerprint density at radius 3 is 2.75 bits per heavy atom. The average Bonchev–Trinajstić information content (AvgIpc) is 2.26. The van der Waals surface area contributed by atoms with E-state index in [1.54, 1.807) is 0 Å². The van der Waals surface area contributed by atoms with Crippen LogP contribution in [0.25, 0.3) is 0 Å². The van der Waals surface area contributed by atoms with Crippen LogP contribution < -0.4 is 15.8 Å². The largest absolute Gasteiger partial charge is 0.491 e. The molecule has 0 atom stereocenters. The van der Waals surface area contributed by atoms with Crippen LogP contribution in [-0.4, -0.2) is 13.2 Å². The summed E-state index contributed by atoms with van der Waals surface area (Å²) in [6.07, 6.45) is 0.989. The first-order chi connectivity index (χ1) is 7.63. The molecule has 0 aliphatic rings. The molecule has 0 radical (unpaired) electrons. The summed E-state index contributed by atoms with van der Waals surface area (Å²) in [7, 11) is 0. The summed E-state index contributed by atoms with van der Waals surface area (Å²) in [4.78, 5) is 0. The van der Waals surface area contributed by atoms with Gasteiger partial charge in [-0.15, -0.1) is 0 Å². The van der Waals surface area contributed by atoms with E-state index in [1.807, 2.05) is 18.2 Å². The number of anilines is 2. The van der Waals surface area contributed by atoms with Gasteiger partial charge >= 0.3 is 0 Å². The van der Waals surface area contributed by atoms with Gasteiger partial charge in [-0.25, -0.2) is 0 Å². The number of hydrogen-bond acceptors (Lipinski definition) is 3. The Bertz CT molecular complexity index is 324. The predicted octanol–water partition coefficient (Wildman–Crippen LogP) is 3.13. The summed E-state index contributed by atoms with van der Waals surface area (Å²) < 4.78 is 5.57. The molecule has 0 aliphatic carbocycles. The van der Waals surface area contributed by atoms with E-state index in [4.69, 9.17) is 10.5 Å². The number of ether oxygens (including phenoxy) is 1. The lowest BCUT2D eigenvalue weighted by Gasteiger charge is -2.12. The molecule has 3 N–H and O–H groups in total. The molecule has 0 fully saturated rings. The average molecular weight is 222 g/mol. The van der Waals surface area contributed by atoms with Gasteiger partial charge in [0.15, 0.2) is 0 Å². The van der Waals surface area contributed by atoms with Crippen LogP contribution in [0.15, 0.2) is 18.2 Å². The lowest BCUT2D eigenvalue weighted by molar-refractivity contribution is 0.319. The van der Waals surface area contributed by atoms with Gasteiger partial charge in [0.05, 0.1) is 12.3 Å². The third-order valence-electron chi connectivity index (χ3n) is 2.19. The zero-order chi connectivity index (χ0) is 12.0. The van der Waals surface area contributed by atoms with Crippen LogP contribution in [0.2, 0.25) is 0 Å². The lowest BCUT2D eigenvalue weighted by atomic mass is 10.2. The van der Waals surface area contributed by atoms with Crippen molar-refractivity contribution in [2.24, 2.45) is 5.92 Å². The molecule has 3 nitrogen and oxygen atoms in total. The molecule has 1 aromatic rings. The van der Waals surface area contributed by atoms with E-state index in [9.17, 15) is 0 Å². The van der Waals surface area contributed by atoms with Gasteiger partial charge in [-0.3, -0.25) is 0 Å². The monoisotopic (exact) mass is 222 g/mol.